The van der Waals surface area contributed by atoms with Crippen molar-refractivity contribution < 1.29 is 14.6 Å². The predicted molar refractivity (Wildman–Crippen MR) is 143 cm³/mol. The molecule has 0 amide bonds. The Balaban J connectivity index is 1.29. The number of aliphatic carboxylic acids is 1. The number of fused-ring (bicyclic) bond motifs is 1. The summed E-state index contributed by atoms with van der Waals surface area (Å²) >= 11 is 0. The number of rotatable bonds is 9. The van der Waals surface area contributed by atoms with E-state index >= 15 is 0 Å². The average molecular weight is 495 g/mol. The molecule has 0 aliphatic heterocycles. The molecular formula is C31H30N2O4. The predicted octanol–water partition coefficient (Wildman–Crippen LogP) is 5.18. The second-order valence-electron chi connectivity index (χ2n) is 9.43. The van der Waals surface area contributed by atoms with Gasteiger partial charge in [-0.1, -0.05) is 84.9 Å². The molecule has 0 spiro atoms. The van der Waals surface area contributed by atoms with Crippen molar-refractivity contribution in [2.24, 2.45) is 5.92 Å². The Morgan fingerprint density at radius 2 is 1.73 bits per heavy atom. The van der Waals surface area contributed by atoms with E-state index in [1.807, 2.05) is 54.7 Å². The zero-order valence-corrected chi connectivity index (χ0v) is 20.5. The lowest BCUT2D eigenvalue weighted by Gasteiger charge is -2.24. The molecule has 1 heterocycles. The van der Waals surface area contributed by atoms with Gasteiger partial charge in [0, 0.05) is 18.4 Å². The zero-order valence-electron chi connectivity index (χ0n) is 20.5. The normalized spacial score (nSPS) is 15.1. The van der Waals surface area contributed by atoms with Crippen LogP contribution < -0.4 is 10.4 Å². The highest BCUT2D eigenvalue weighted by molar-refractivity contribution is 5.68. The van der Waals surface area contributed by atoms with Gasteiger partial charge in [-0.3, -0.25) is 4.57 Å². The maximum atomic E-state index is 12.8. The lowest BCUT2D eigenvalue weighted by Crippen LogP contribution is -2.17. The number of hydrogen-bond acceptors (Lipinski definition) is 3. The summed E-state index contributed by atoms with van der Waals surface area (Å²) in [6.45, 7) is 0.166. The first-order valence-corrected chi connectivity index (χ1v) is 12.6. The number of aromatic amines is 1. The van der Waals surface area contributed by atoms with Gasteiger partial charge in [0.15, 0.2) is 6.61 Å². The van der Waals surface area contributed by atoms with Crippen LogP contribution >= 0.6 is 0 Å². The Labute approximate surface area is 215 Å². The molecule has 0 bridgehead atoms. The van der Waals surface area contributed by atoms with Crippen LogP contribution in [0.5, 0.6) is 5.75 Å². The molecule has 6 nitrogen and oxygen atoms in total. The van der Waals surface area contributed by atoms with Gasteiger partial charge in [0.1, 0.15) is 5.75 Å². The van der Waals surface area contributed by atoms with Crippen LogP contribution in [0.1, 0.15) is 40.3 Å². The number of nitrogens with one attached hydrogen (secondary N) is 1. The van der Waals surface area contributed by atoms with Gasteiger partial charge in [0.2, 0.25) is 0 Å². The first-order chi connectivity index (χ1) is 18.1. The standard InChI is InChI=1S/C31H30N2O4/c34-29(35)21-37-28-15-7-14-25-19-22(16-17-26(25)28)9-8-18-33-20-27(32-31(33)36)30(23-10-3-1-4-11-23)24-12-5-2-6-13-24/h1-15,20,22,30H,16-19,21H2,(H,32,36)(H,34,35)/b9-8+. The molecule has 0 radical (unpaired) electrons. The van der Waals surface area contributed by atoms with Crippen molar-refractivity contribution in [2.45, 2.75) is 31.7 Å². The number of allylic oxidation sites excluding steroid dienone is 2. The van der Waals surface area contributed by atoms with E-state index < -0.39 is 5.97 Å². The summed E-state index contributed by atoms with van der Waals surface area (Å²) in [5, 5.41) is 8.92. The minimum atomic E-state index is -0.976. The number of aromatic nitrogens is 2. The highest BCUT2D eigenvalue weighted by Gasteiger charge is 2.21. The Morgan fingerprint density at radius 3 is 2.41 bits per heavy atom. The van der Waals surface area contributed by atoms with E-state index in [4.69, 9.17) is 9.84 Å². The number of ether oxygens (including phenoxy) is 1. The van der Waals surface area contributed by atoms with Crippen LogP contribution in [0, 0.1) is 5.92 Å². The third kappa shape index (κ3) is 5.75. The fraction of sp³-hybridized carbons (Fsp3) is 0.226. The summed E-state index contributed by atoms with van der Waals surface area (Å²) in [6, 6.07) is 26.3. The van der Waals surface area contributed by atoms with Crippen LogP contribution in [0.15, 0.2) is 102 Å². The number of benzene rings is 3. The minimum Gasteiger partial charge on any atom is -0.482 e. The zero-order chi connectivity index (χ0) is 25.6. The lowest BCUT2D eigenvalue weighted by atomic mass is 9.83. The number of nitrogens with zero attached hydrogens (tertiary/aromatic N) is 1. The fourth-order valence-corrected chi connectivity index (χ4v) is 5.19. The summed E-state index contributed by atoms with van der Waals surface area (Å²) in [5.41, 5.74) is 5.31. The molecule has 1 aromatic heterocycles. The highest BCUT2D eigenvalue weighted by atomic mass is 16.5. The maximum absolute atomic E-state index is 12.8. The monoisotopic (exact) mass is 494 g/mol. The van der Waals surface area contributed by atoms with Gasteiger partial charge in [-0.15, -0.1) is 0 Å². The van der Waals surface area contributed by atoms with Gasteiger partial charge in [-0.05, 0) is 53.5 Å². The Hall–Kier alpha value is -4.32. The van der Waals surface area contributed by atoms with Crippen LogP contribution in [0.25, 0.3) is 0 Å². The quantitative estimate of drug-likeness (QED) is 0.314. The van der Waals surface area contributed by atoms with E-state index in [2.05, 4.69) is 47.5 Å². The number of hydrogen-bond donors (Lipinski definition) is 2. The fourth-order valence-electron chi connectivity index (χ4n) is 5.19. The molecular weight excluding hydrogens is 464 g/mol. The van der Waals surface area contributed by atoms with Gasteiger partial charge in [0.25, 0.3) is 0 Å². The van der Waals surface area contributed by atoms with E-state index in [1.54, 1.807) is 4.57 Å². The summed E-state index contributed by atoms with van der Waals surface area (Å²) in [4.78, 5) is 26.8. The van der Waals surface area contributed by atoms with Crippen LogP contribution in [0.2, 0.25) is 0 Å². The lowest BCUT2D eigenvalue weighted by molar-refractivity contribution is -0.139. The van der Waals surface area contributed by atoms with Gasteiger partial charge in [-0.2, -0.15) is 0 Å². The molecule has 1 aliphatic rings. The van der Waals surface area contributed by atoms with Crippen molar-refractivity contribution in [1.29, 1.82) is 0 Å². The molecule has 2 N–H and O–H groups in total. The molecule has 188 valence electrons. The van der Waals surface area contributed by atoms with Crippen molar-refractivity contribution in [2.75, 3.05) is 6.61 Å². The smallest absolute Gasteiger partial charge is 0.341 e. The molecule has 1 atom stereocenters. The van der Waals surface area contributed by atoms with E-state index in [-0.39, 0.29) is 18.2 Å². The number of H-pyrrole nitrogens is 1. The molecule has 3 aromatic carbocycles. The molecule has 5 rings (SSSR count). The van der Waals surface area contributed by atoms with Crippen molar-refractivity contribution in [3.05, 3.63) is 136 Å². The summed E-state index contributed by atoms with van der Waals surface area (Å²) < 4.78 is 7.20. The van der Waals surface area contributed by atoms with Gasteiger partial charge in [-0.25, -0.2) is 9.59 Å². The number of carboxylic acids is 1. The van der Waals surface area contributed by atoms with E-state index in [9.17, 15) is 9.59 Å². The molecule has 0 saturated heterocycles. The van der Waals surface area contributed by atoms with Crippen molar-refractivity contribution >= 4 is 5.97 Å². The number of imidazole rings is 1. The largest absolute Gasteiger partial charge is 0.482 e. The molecule has 37 heavy (non-hydrogen) atoms. The van der Waals surface area contributed by atoms with E-state index in [1.165, 1.54) is 5.56 Å². The SMILES string of the molecule is O=C(O)COc1cccc2c1CCC(/C=C/Cn1cc(C(c3ccccc3)c3ccccc3)[nH]c1=O)C2. The van der Waals surface area contributed by atoms with Crippen molar-refractivity contribution in [1.82, 2.24) is 9.55 Å². The Morgan fingerprint density at radius 1 is 1.03 bits per heavy atom. The van der Waals surface area contributed by atoms with Crippen LogP contribution in [0.3, 0.4) is 0 Å². The third-order valence-corrected chi connectivity index (χ3v) is 6.92. The van der Waals surface area contributed by atoms with E-state index in [0.29, 0.717) is 18.2 Å². The first kappa shape index (κ1) is 24.4. The van der Waals surface area contributed by atoms with Crippen LogP contribution in [0.4, 0.5) is 0 Å². The summed E-state index contributed by atoms with van der Waals surface area (Å²) in [5.74, 6) is 0.00167. The Bertz CT molecular complexity index is 1400. The highest BCUT2D eigenvalue weighted by Crippen LogP contribution is 2.33. The topological polar surface area (TPSA) is 84.3 Å². The van der Waals surface area contributed by atoms with Crippen molar-refractivity contribution in [3.8, 4) is 5.75 Å². The van der Waals surface area contributed by atoms with Crippen molar-refractivity contribution in [3.63, 3.8) is 0 Å². The van der Waals surface area contributed by atoms with Crippen LogP contribution in [-0.2, 0) is 24.2 Å². The third-order valence-electron chi connectivity index (χ3n) is 6.92. The van der Waals surface area contributed by atoms with Gasteiger partial charge >= 0.3 is 11.7 Å². The van der Waals surface area contributed by atoms with Crippen LogP contribution in [-0.4, -0.2) is 27.2 Å². The number of carbonyl (C=O) groups is 1. The molecule has 1 unspecified atom stereocenters. The van der Waals surface area contributed by atoms with E-state index in [0.717, 1.165) is 41.6 Å². The molecule has 0 fully saturated rings. The molecule has 6 heteroatoms. The molecule has 0 saturated carbocycles. The molecule has 4 aromatic rings. The second kappa shape index (κ2) is 11.2. The summed E-state index contributed by atoms with van der Waals surface area (Å²) in [6.07, 6.45) is 8.85. The van der Waals surface area contributed by atoms with Gasteiger partial charge in [0.05, 0.1) is 5.92 Å². The van der Waals surface area contributed by atoms with Gasteiger partial charge < -0.3 is 14.8 Å². The Kier molecular flexibility index (Phi) is 7.36. The maximum Gasteiger partial charge on any atom is 0.341 e. The second-order valence-corrected chi connectivity index (χ2v) is 9.43. The minimum absolute atomic E-state index is 0.0484. The molecule has 1 aliphatic carbocycles. The summed E-state index contributed by atoms with van der Waals surface area (Å²) in [7, 11) is 0. The first-order valence-electron chi connectivity index (χ1n) is 12.6. The average Bonchev–Trinajstić information content (AvgIpc) is 3.28. The number of carboxylic acid groups (broad SMARTS) is 1.